The van der Waals surface area contributed by atoms with Crippen molar-refractivity contribution in [1.82, 2.24) is 15.5 Å². The van der Waals surface area contributed by atoms with Crippen molar-refractivity contribution in [1.29, 1.82) is 0 Å². The van der Waals surface area contributed by atoms with E-state index in [9.17, 15) is 0 Å². The van der Waals surface area contributed by atoms with Gasteiger partial charge < -0.3 is 15.4 Å². The molecule has 2 atom stereocenters. The largest absolute Gasteiger partial charge is 0.373 e. The zero-order chi connectivity index (χ0) is 19.2. The Bertz CT molecular complexity index is 590. The molecule has 6 heteroatoms. The maximum Gasteiger partial charge on any atom is 0.191 e. The number of nitrogens with one attached hydrogen (secondary N) is 2. The minimum absolute atomic E-state index is 0. The number of rotatable bonds is 5. The van der Waals surface area contributed by atoms with E-state index in [1.807, 2.05) is 0 Å². The standard InChI is InChI=1S/C21H36N4O.HI/c1-7-22-20(24-21(4,5)6)23-12-18-10-8-9-11-19(18)15-25-13-16(2)26-17(3)14-25;/h8-11,16-17H,7,12-15H2,1-6H3,(H2,22,23,24);1H. The summed E-state index contributed by atoms with van der Waals surface area (Å²) in [6.45, 7) is 17.3. The first-order valence-electron chi connectivity index (χ1n) is 9.78. The molecule has 1 aliphatic rings. The summed E-state index contributed by atoms with van der Waals surface area (Å²) in [5.41, 5.74) is 2.62. The van der Waals surface area contributed by atoms with Gasteiger partial charge in [-0.25, -0.2) is 4.99 Å². The molecule has 2 rings (SSSR count). The highest BCUT2D eigenvalue weighted by molar-refractivity contribution is 14.0. The van der Waals surface area contributed by atoms with Crippen molar-refractivity contribution in [2.45, 2.75) is 72.4 Å². The molecule has 0 saturated carbocycles. The van der Waals surface area contributed by atoms with Gasteiger partial charge in [-0.1, -0.05) is 24.3 Å². The van der Waals surface area contributed by atoms with Crippen LogP contribution in [-0.4, -0.2) is 48.2 Å². The molecular formula is C21H37IN4O. The quantitative estimate of drug-likeness (QED) is 0.377. The molecule has 1 aliphatic heterocycles. The Labute approximate surface area is 182 Å². The first-order valence-corrected chi connectivity index (χ1v) is 9.78. The summed E-state index contributed by atoms with van der Waals surface area (Å²) in [5.74, 6) is 0.864. The first kappa shape index (κ1) is 24.2. The van der Waals surface area contributed by atoms with E-state index in [4.69, 9.17) is 9.73 Å². The van der Waals surface area contributed by atoms with Gasteiger partial charge >= 0.3 is 0 Å². The van der Waals surface area contributed by atoms with E-state index in [2.05, 4.69) is 81.3 Å². The minimum Gasteiger partial charge on any atom is -0.373 e. The topological polar surface area (TPSA) is 48.9 Å². The van der Waals surface area contributed by atoms with Crippen LogP contribution in [-0.2, 0) is 17.8 Å². The zero-order valence-electron chi connectivity index (χ0n) is 17.7. The number of guanidine groups is 1. The van der Waals surface area contributed by atoms with Crippen molar-refractivity contribution in [2.75, 3.05) is 19.6 Å². The average molecular weight is 488 g/mol. The first-order chi connectivity index (χ1) is 12.3. The molecule has 0 aromatic heterocycles. The van der Waals surface area contributed by atoms with Crippen molar-refractivity contribution in [3.8, 4) is 0 Å². The van der Waals surface area contributed by atoms with Gasteiger partial charge in [-0.3, -0.25) is 4.90 Å². The number of ether oxygens (including phenoxy) is 1. The van der Waals surface area contributed by atoms with Gasteiger partial charge in [0.15, 0.2) is 5.96 Å². The maximum absolute atomic E-state index is 5.86. The summed E-state index contributed by atoms with van der Waals surface area (Å²) in [6.07, 6.45) is 0.584. The number of aliphatic imine (C=N–C) groups is 1. The van der Waals surface area contributed by atoms with Crippen LogP contribution in [0.2, 0.25) is 0 Å². The van der Waals surface area contributed by atoms with Gasteiger partial charge in [0.1, 0.15) is 0 Å². The zero-order valence-corrected chi connectivity index (χ0v) is 20.0. The van der Waals surface area contributed by atoms with Crippen LogP contribution in [0.4, 0.5) is 0 Å². The van der Waals surface area contributed by atoms with E-state index < -0.39 is 0 Å². The molecule has 27 heavy (non-hydrogen) atoms. The lowest BCUT2D eigenvalue weighted by atomic mass is 10.1. The van der Waals surface area contributed by atoms with Gasteiger partial charge in [-0.15, -0.1) is 24.0 Å². The third-order valence-electron chi connectivity index (χ3n) is 4.25. The number of hydrogen-bond acceptors (Lipinski definition) is 3. The molecule has 1 fully saturated rings. The summed E-state index contributed by atoms with van der Waals surface area (Å²) in [4.78, 5) is 7.29. The van der Waals surface area contributed by atoms with Crippen molar-refractivity contribution >= 4 is 29.9 Å². The average Bonchev–Trinajstić information content (AvgIpc) is 2.51. The fourth-order valence-electron chi connectivity index (χ4n) is 3.35. The van der Waals surface area contributed by atoms with E-state index >= 15 is 0 Å². The van der Waals surface area contributed by atoms with Crippen molar-refractivity contribution < 1.29 is 4.74 Å². The summed E-state index contributed by atoms with van der Waals surface area (Å²) in [7, 11) is 0. The Kier molecular flexibility index (Phi) is 10.0. The predicted molar refractivity (Wildman–Crippen MR) is 125 cm³/mol. The second-order valence-electron chi connectivity index (χ2n) is 8.29. The second kappa shape index (κ2) is 11.2. The minimum atomic E-state index is -0.0133. The highest BCUT2D eigenvalue weighted by Gasteiger charge is 2.22. The van der Waals surface area contributed by atoms with E-state index in [0.29, 0.717) is 18.8 Å². The summed E-state index contributed by atoms with van der Waals surface area (Å²) in [6, 6.07) is 8.63. The number of benzene rings is 1. The number of hydrogen-bond donors (Lipinski definition) is 2. The van der Waals surface area contributed by atoms with Crippen LogP contribution in [0, 0.1) is 0 Å². The van der Waals surface area contributed by atoms with Gasteiger partial charge in [-0.2, -0.15) is 0 Å². The Morgan fingerprint density at radius 2 is 1.74 bits per heavy atom. The lowest BCUT2D eigenvalue weighted by Gasteiger charge is -2.35. The van der Waals surface area contributed by atoms with Crippen molar-refractivity contribution in [2.24, 2.45) is 4.99 Å². The van der Waals surface area contributed by atoms with Crippen LogP contribution in [0.15, 0.2) is 29.3 Å². The van der Waals surface area contributed by atoms with Gasteiger partial charge in [0, 0.05) is 31.7 Å². The predicted octanol–water partition coefficient (Wildman–Crippen LogP) is 3.77. The molecule has 2 unspecified atom stereocenters. The molecule has 154 valence electrons. The molecule has 0 aliphatic carbocycles. The monoisotopic (exact) mass is 488 g/mol. The van der Waals surface area contributed by atoms with Crippen LogP contribution >= 0.6 is 24.0 Å². The highest BCUT2D eigenvalue weighted by atomic mass is 127. The molecular weight excluding hydrogens is 451 g/mol. The molecule has 0 bridgehead atoms. The third kappa shape index (κ3) is 8.79. The second-order valence-corrected chi connectivity index (χ2v) is 8.29. The number of morpholine rings is 1. The molecule has 2 N–H and O–H groups in total. The van der Waals surface area contributed by atoms with E-state index in [1.165, 1.54) is 11.1 Å². The van der Waals surface area contributed by atoms with E-state index in [1.54, 1.807) is 0 Å². The Balaban J connectivity index is 0.00000364. The molecule has 1 aromatic rings. The van der Waals surface area contributed by atoms with E-state index in [0.717, 1.165) is 32.1 Å². The fourth-order valence-corrected chi connectivity index (χ4v) is 3.35. The normalized spacial score (nSPS) is 21.5. The lowest BCUT2D eigenvalue weighted by molar-refractivity contribution is -0.0705. The Morgan fingerprint density at radius 3 is 2.30 bits per heavy atom. The summed E-state index contributed by atoms with van der Waals surface area (Å²) >= 11 is 0. The molecule has 1 saturated heterocycles. The molecule has 0 amide bonds. The summed E-state index contributed by atoms with van der Waals surface area (Å²) < 4.78 is 5.86. The van der Waals surface area contributed by atoms with Gasteiger partial charge in [0.05, 0.1) is 18.8 Å². The molecule has 0 spiro atoms. The molecule has 0 radical (unpaired) electrons. The van der Waals surface area contributed by atoms with Crippen molar-refractivity contribution in [3.05, 3.63) is 35.4 Å². The highest BCUT2D eigenvalue weighted by Crippen LogP contribution is 2.17. The van der Waals surface area contributed by atoms with Crippen LogP contribution in [0.1, 0.15) is 52.7 Å². The lowest BCUT2D eigenvalue weighted by Crippen LogP contribution is -2.47. The van der Waals surface area contributed by atoms with Crippen LogP contribution < -0.4 is 10.6 Å². The number of halogens is 1. The third-order valence-corrected chi connectivity index (χ3v) is 4.25. The molecule has 1 heterocycles. The van der Waals surface area contributed by atoms with Crippen molar-refractivity contribution in [3.63, 3.8) is 0 Å². The van der Waals surface area contributed by atoms with Gasteiger partial charge in [-0.05, 0) is 52.7 Å². The fraction of sp³-hybridized carbons (Fsp3) is 0.667. The SMILES string of the molecule is CCNC(=NCc1ccccc1CN1CC(C)OC(C)C1)NC(C)(C)C.I. The number of nitrogens with zero attached hydrogens (tertiary/aromatic N) is 2. The van der Waals surface area contributed by atoms with Crippen LogP contribution in [0.5, 0.6) is 0 Å². The van der Waals surface area contributed by atoms with E-state index in [-0.39, 0.29) is 29.5 Å². The Morgan fingerprint density at radius 1 is 1.15 bits per heavy atom. The summed E-state index contributed by atoms with van der Waals surface area (Å²) in [5, 5.41) is 6.79. The smallest absolute Gasteiger partial charge is 0.191 e. The molecule has 1 aromatic carbocycles. The maximum atomic E-state index is 5.86. The molecule has 5 nitrogen and oxygen atoms in total. The van der Waals surface area contributed by atoms with Crippen LogP contribution in [0.3, 0.4) is 0 Å². The van der Waals surface area contributed by atoms with Gasteiger partial charge in [0.25, 0.3) is 0 Å². The van der Waals surface area contributed by atoms with Crippen LogP contribution in [0.25, 0.3) is 0 Å². The van der Waals surface area contributed by atoms with Gasteiger partial charge in [0.2, 0.25) is 0 Å². The Hall–Kier alpha value is -0.860.